The van der Waals surface area contributed by atoms with Gasteiger partial charge < -0.3 is 5.32 Å². The van der Waals surface area contributed by atoms with E-state index in [0.29, 0.717) is 18.4 Å². The molecule has 22 heavy (non-hydrogen) atoms. The summed E-state index contributed by atoms with van der Waals surface area (Å²) in [6.07, 6.45) is 6.77. The molecule has 0 saturated carbocycles. The van der Waals surface area contributed by atoms with Gasteiger partial charge >= 0.3 is 0 Å². The van der Waals surface area contributed by atoms with Gasteiger partial charge in [-0.3, -0.25) is 4.79 Å². The van der Waals surface area contributed by atoms with E-state index in [2.05, 4.69) is 11.2 Å². The molecule has 0 saturated heterocycles. The van der Waals surface area contributed by atoms with Gasteiger partial charge in [-0.2, -0.15) is 0 Å². The van der Waals surface area contributed by atoms with Crippen molar-refractivity contribution in [3.8, 4) is 12.3 Å². The van der Waals surface area contributed by atoms with Crippen LogP contribution >= 0.6 is 0 Å². The van der Waals surface area contributed by atoms with Gasteiger partial charge in [-0.1, -0.05) is 19.8 Å². The summed E-state index contributed by atoms with van der Waals surface area (Å²) < 4.78 is 25.1. The minimum Gasteiger partial charge on any atom is -0.336 e. The summed E-state index contributed by atoms with van der Waals surface area (Å²) >= 11 is 0. The van der Waals surface area contributed by atoms with Gasteiger partial charge in [-0.25, -0.2) is 12.7 Å². The predicted molar refractivity (Wildman–Crippen MR) is 86.9 cm³/mol. The molecule has 1 amide bonds. The van der Waals surface area contributed by atoms with Gasteiger partial charge in [0.05, 0.1) is 4.90 Å². The predicted octanol–water partition coefficient (Wildman–Crippen LogP) is 1.86. The van der Waals surface area contributed by atoms with Crippen molar-refractivity contribution in [3.63, 3.8) is 0 Å². The molecule has 0 unspecified atom stereocenters. The second-order valence-corrected chi connectivity index (χ2v) is 7.35. The zero-order valence-electron chi connectivity index (χ0n) is 13.4. The first-order valence-corrected chi connectivity index (χ1v) is 8.49. The number of hydrogen-bond acceptors (Lipinski definition) is 3. The number of amides is 1. The number of carbonyl (C=O) groups excluding carboxylic acids is 1. The van der Waals surface area contributed by atoms with Crippen LogP contribution in [0.4, 0.5) is 0 Å². The van der Waals surface area contributed by atoms with Gasteiger partial charge in [0, 0.05) is 19.7 Å². The van der Waals surface area contributed by atoms with Crippen LogP contribution in [0.25, 0.3) is 0 Å². The Morgan fingerprint density at radius 1 is 1.23 bits per heavy atom. The maximum atomic E-state index is 12.3. The SMILES string of the molecule is C#CC(CC)(CC)NC(=O)c1ccc(S(=O)(=O)N(C)C)cc1. The molecule has 0 radical (unpaired) electrons. The van der Waals surface area contributed by atoms with E-state index in [1.54, 1.807) is 0 Å². The van der Waals surface area contributed by atoms with Crippen molar-refractivity contribution >= 4 is 15.9 Å². The van der Waals surface area contributed by atoms with Crippen molar-refractivity contribution in [1.29, 1.82) is 0 Å². The third-order valence-corrected chi connectivity index (χ3v) is 5.56. The molecular weight excluding hydrogens is 300 g/mol. The van der Waals surface area contributed by atoms with Crippen LogP contribution in [0.5, 0.6) is 0 Å². The highest BCUT2D eigenvalue weighted by molar-refractivity contribution is 7.89. The van der Waals surface area contributed by atoms with Crippen LogP contribution in [-0.2, 0) is 10.0 Å². The molecule has 120 valence electrons. The van der Waals surface area contributed by atoms with E-state index in [1.807, 2.05) is 13.8 Å². The topological polar surface area (TPSA) is 66.5 Å². The summed E-state index contributed by atoms with van der Waals surface area (Å²) in [5, 5.41) is 2.84. The molecule has 0 bridgehead atoms. The highest BCUT2D eigenvalue weighted by Crippen LogP contribution is 2.17. The minimum absolute atomic E-state index is 0.142. The standard InChI is InChI=1S/C16H22N2O3S/c1-6-16(7-2,8-3)17-15(19)13-9-11-14(12-10-13)22(20,21)18(4)5/h1,9-12H,7-8H2,2-5H3,(H,17,19). The number of terminal acetylenes is 1. The van der Waals surface area contributed by atoms with Crippen LogP contribution in [0.2, 0.25) is 0 Å². The second-order valence-electron chi connectivity index (χ2n) is 5.20. The number of benzene rings is 1. The molecule has 0 aliphatic carbocycles. The van der Waals surface area contributed by atoms with Gasteiger partial charge in [0.1, 0.15) is 5.54 Å². The van der Waals surface area contributed by atoms with Crippen LogP contribution in [0.15, 0.2) is 29.2 Å². The first-order chi connectivity index (χ1) is 10.2. The van der Waals surface area contributed by atoms with E-state index < -0.39 is 15.6 Å². The lowest BCUT2D eigenvalue weighted by molar-refractivity contribution is 0.0916. The summed E-state index contributed by atoms with van der Waals surface area (Å²) in [6, 6.07) is 5.80. The Morgan fingerprint density at radius 3 is 2.09 bits per heavy atom. The van der Waals surface area contributed by atoms with Crippen molar-refractivity contribution in [2.45, 2.75) is 37.1 Å². The summed E-state index contributed by atoms with van der Waals surface area (Å²) in [4.78, 5) is 12.4. The fourth-order valence-electron chi connectivity index (χ4n) is 1.95. The number of nitrogens with zero attached hydrogens (tertiary/aromatic N) is 1. The minimum atomic E-state index is -3.50. The lowest BCUT2D eigenvalue weighted by Crippen LogP contribution is -2.46. The third-order valence-electron chi connectivity index (χ3n) is 3.73. The normalized spacial score (nSPS) is 12.0. The molecule has 0 aliphatic heterocycles. The summed E-state index contributed by atoms with van der Waals surface area (Å²) in [6.45, 7) is 3.83. The first-order valence-electron chi connectivity index (χ1n) is 7.05. The van der Waals surface area contributed by atoms with Gasteiger partial charge in [0.2, 0.25) is 10.0 Å². The van der Waals surface area contributed by atoms with E-state index in [-0.39, 0.29) is 10.8 Å². The summed E-state index contributed by atoms with van der Waals surface area (Å²) in [5.74, 6) is 2.32. The zero-order valence-corrected chi connectivity index (χ0v) is 14.2. The smallest absolute Gasteiger partial charge is 0.252 e. The van der Waals surface area contributed by atoms with Crippen molar-refractivity contribution in [1.82, 2.24) is 9.62 Å². The molecule has 0 heterocycles. The first kappa shape index (κ1) is 18.2. The molecule has 0 spiro atoms. The molecule has 5 nitrogen and oxygen atoms in total. The molecule has 0 aliphatic rings. The molecule has 1 N–H and O–H groups in total. The van der Waals surface area contributed by atoms with Gasteiger partial charge in [0.25, 0.3) is 5.91 Å². The maximum Gasteiger partial charge on any atom is 0.252 e. The van der Waals surface area contributed by atoms with Crippen LogP contribution in [0.1, 0.15) is 37.0 Å². The average Bonchev–Trinajstić information content (AvgIpc) is 2.52. The summed E-state index contributed by atoms with van der Waals surface area (Å²) in [5.41, 5.74) is -0.301. The van der Waals surface area contributed by atoms with Crippen molar-refractivity contribution in [3.05, 3.63) is 29.8 Å². The van der Waals surface area contributed by atoms with Crippen molar-refractivity contribution < 1.29 is 13.2 Å². The Morgan fingerprint density at radius 2 is 1.73 bits per heavy atom. The Bertz CT molecular complexity index is 666. The molecule has 0 atom stereocenters. The second kappa shape index (κ2) is 6.95. The Kier molecular flexibility index (Phi) is 5.75. The van der Waals surface area contributed by atoms with Crippen LogP contribution in [0.3, 0.4) is 0 Å². The van der Waals surface area contributed by atoms with Gasteiger partial charge in [0.15, 0.2) is 0 Å². The fourth-order valence-corrected chi connectivity index (χ4v) is 2.85. The van der Waals surface area contributed by atoms with Crippen molar-refractivity contribution in [2.24, 2.45) is 0 Å². The molecule has 1 rings (SSSR count). The van der Waals surface area contributed by atoms with E-state index in [9.17, 15) is 13.2 Å². The number of hydrogen-bond donors (Lipinski definition) is 1. The Hall–Kier alpha value is -1.84. The fraction of sp³-hybridized carbons (Fsp3) is 0.438. The van der Waals surface area contributed by atoms with E-state index >= 15 is 0 Å². The van der Waals surface area contributed by atoms with Crippen LogP contribution < -0.4 is 5.32 Å². The number of carbonyl (C=O) groups is 1. The van der Waals surface area contributed by atoms with Crippen molar-refractivity contribution in [2.75, 3.05) is 14.1 Å². The van der Waals surface area contributed by atoms with E-state index in [4.69, 9.17) is 6.42 Å². The molecule has 1 aromatic carbocycles. The molecule has 0 fully saturated rings. The van der Waals surface area contributed by atoms with Crippen LogP contribution in [-0.4, -0.2) is 38.3 Å². The lowest BCUT2D eigenvalue weighted by atomic mass is 9.93. The lowest BCUT2D eigenvalue weighted by Gasteiger charge is -2.27. The molecule has 0 aromatic heterocycles. The highest BCUT2D eigenvalue weighted by Gasteiger charge is 2.26. The number of nitrogens with one attached hydrogen (secondary N) is 1. The number of rotatable bonds is 6. The van der Waals surface area contributed by atoms with Gasteiger partial charge in [-0.05, 0) is 37.1 Å². The van der Waals surface area contributed by atoms with E-state index in [0.717, 1.165) is 4.31 Å². The monoisotopic (exact) mass is 322 g/mol. The maximum absolute atomic E-state index is 12.3. The third kappa shape index (κ3) is 3.67. The zero-order chi connectivity index (χ0) is 17.0. The van der Waals surface area contributed by atoms with E-state index in [1.165, 1.54) is 38.4 Å². The quantitative estimate of drug-likeness (QED) is 0.813. The highest BCUT2D eigenvalue weighted by atomic mass is 32.2. The van der Waals surface area contributed by atoms with Gasteiger partial charge in [-0.15, -0.1) is 6.42 Å². The molecule has 1 aromatic rings. The summed E-state index contributed by atoms with van der Waals surface area (Å²) in [7, 11) is -0.583. The largest absolute Gasteiger partial charge is 0.336 e. The number of sulfonamides is 1. The average molecular weight is 322 g/mol. The molecular formula is C16H22N2O3S. The van der Waals surface area contributed by atoms with Crippen LogP contribution in [0, 0.1) is 12.3 Å². The Balaban J connectivity index is 3.02. The molecule has 6 heteroatoms. The Labute approximate surface area is 132 Å².